The molecule has 2 unspecified atom stereocenters. The van der Waals surface area contributed by atoms with Crippen molar-refractivity contribution in [2.75, 3.05) is 14.2 Å². The Hall–Kier alpha value is -3.47. The molecule has 3 aromatic carbocycles. The molecule has 2 atom stereocenters. The van der Waals surface area contributed by atoms with Gasteiger partial charge in [-0.05, 0) is 36.8 Å². The minimum absolute atomic E-state index is 0.128. The summed E-state index contributed by atoms with van der Waals surface area (Å²) < 4.78 is 17.4. The van der Waals surface area contributed by atoms with Crippen LogP contribution in [0.15, 0.2) is 71.8 Å². The van der Waals surface area contributed by atoms with E-state index in [1.807, 2.05) is 30.3 Å². The lowest BCUT2D eigenvalue weighted by molar-refractivity contribution is -0.0191. The largest absolute Gasteiger partial charge is 0.493 e. The van der Waals surface area contributed by atoms with Gasteiger partial charge in [-0.3, -0.25) is 0 Å². The van der Waals surface area contributed by atoms with Gasteiger partial charge in [0.25, 0.3) is 0 Å². The Morgan fingerprint density at radius 3 is 2.57 bits per heavy atom. The van der Waals surface area contributed by atoms with E-state index in [9.17, 15) is 0 Å². The first-order valence-corrected chi connectivity index (χ1v) is 10.1. The standard InChI is InChI=1S/C25H24N2O3/c1-16-7-6-8-17(13-16)20-15-21-19-9-4-5-10-22(19)30-25(27(21)26-20)18-11-12-23(28-2)24(14-18)29-3/h4-14,21,25H,15H2,1-3H3. The summed E-state index contributed by atoms with van der Waals surface area (Å²) in [7, 11) is 3.28. The second-order valence-electron chi connectivity index (χ2n) is 7.64. The predicted octanol–water partition coefficient (Wildman–Crippen LogP) is 5.25. The molecule has 0 spiro atoms. The molecule has 0 N–H and O–H groups in total. The molecule has 2 heterocycles. The highest BCUT2D eigenvalue weighted by Gasteiger charge is 2.41. The third-order valence-corrected chi connectivity index (χ3v) is 5.74. The molecule has 0 bridgehead atoms. The molecule has 0 saturated heterocycles. The Morgan fingerprint density at radius 1 is 0.933 bits per heavy atom. The molecular weight excluding hydrogens is 376 g/mol. The molecule has 152 valence electrons. The minimum Gasteiger partial charge on any atom is -0.493 e. The summed E-state index contributed by atoms with van der Waals surface area (Å²) in [6.07, 6.45) is 0.500. The van der Waals surface area contributed by atoms with Gasteiger partial charge in [-0.2, -0.15) is 5.10 Å². The van der Waals surface area contributed by atoms with E-state index >= 15 is 0 Å². The van der Waals surface area contributed by atoms with E-state index in [1.54, 1.807) is 14.2 Å². The average Bonchev–Trinajstić information content (AvgIpc) is 3.24. The Balaban J connectivity index is 1.59. The van der Waals surface area contributed by atoms with E-state index in [0.717, 1.165) is 29.0 Å². The molecule has 0 saturated carbocycles. The predicted molar refractivity (Wildman–Crippen MR) is 116 cm³/mol. The van der Waals surface area contributed by atoms with Crippen LogP contribution >= 0.6 is 0 Å². The van der Waals surface area contributed by atoms with Gasteiger partial charge in [0.2, 0.25) is 6.23 Å². The van der Waals surface area contributed by atoms with Crippen molar-refractivity contribution in [3.63, 3.8) is 0 Å². The number of hydrogen-bond donors (Lipinski definition) is 0. The molecule has 5 nitrogen and oxygen atoms in total. The lowest BCUT2D eigenvalue weighted by atomic mass is 9.95. The zero-order chi connectivity index (χ0) is 20.7. The molecule has 0 amide bonds. The fourth-order valence-electron chi connectivity index (χ4n) is 4.26. The zero-order valence-corrected chi connectivity index (χ0v) is 17.3. The van der Waals surface area contributed by atoms with Crippen LogP contribution in [0.4, 0.5) is 0 Å². The number of para-hydroxylation sites is 1. The summed E-state index contributed by atoms with van der Waals surface area (Å²) in [5.74, 6) is 2.27. The number of benzene rings is 3. The van der Waals surface area contributed by atoms with Crippen LogP contribution in [0.1, 0.15) is 40.9 Å². The zero-order valence-electron chi connectivity index (χ0n) is 17.3. The molecule has 3 aromatic rings. The molecule has 5 heteroatoms. The fourth-order valence-corrected chi connectivity index (χ4v) is 4.26. The third-order valence-electron chi connectivity index (χ3n) is 5.74. The Morgan fingerprint density at radius 2 is 1.77 bits per heavy atom. The Kier molecular flexibility index (Phi) is 4.58. The minimum atomic E-state index is -0.341. The number of aryl methyl sites for hydroxylation is 1. The second-order valence-corrected chi connectivity index (χ2v) is 7.64. The summed E-state index contributed by atoms with van der Waals surface area (Å²) in [4.78, 5) is 0. The second kappa shape index (κ2) is 7.41. The topological polar surface area (TPSA) is 43.3 Å². The summed E-state index contributed by atoms with van der Waals surface area (Å²) in [5, 5.41) is 7.11. The first kappa shape index (κ1) is 18.6. The molecule has 0 aliphatic carbocycles. The summed E-state index contributed by atoms with van der Waals surface area (Å²) in [6.45, 7) is 2.11. The van der Waals surface area contributed by atoms with E-state index in [-0.39, 0.29) is 12.3 Å². The Bertz CT molecular complexity index is 1120. The number of hydrogen-bond acceptors (Lipinski definition) is 5. The molecular formula is C25H24N2O3. The number of ether oxygens (including phenoxy) is 3. The first-order chi connectivity index (χ1) is 14.7. The lowest BCUT2D eigenvalue weighted by Crippen LogP contribution is -2.33. The number of rotatable bonds is 4. The number of nitrogens with zero attached hydrogens (tertiary/aromatic N) is 2. The monoisotopic (exact) mass is 400 g/mol. The molecule has 0 fully saturated rings. The van der Waals surface area contributed by atoms with Crippen LogP contribution < -0.4 is 14.2 Å². The highest BCUT2D eigenvalue weighted by molar-refractivity contribution is 6.02. The van der Waals surface area contributed by atoms with Crippen molar-refractivity contribution in [3.05, 3.63) is 89.0 Å². The van der Waals surface area contributed by atoms with Crippen LogP contribution in [0.3, 0.4) is 0 Å². The maximum Gasteiger partial charge on any atom is 0.214 e. The van der Waals surface area contributed by atoms with Crippen LogP contribution in [0.25, 0.3) is 0 Å². The molecule has 5 rings (SSSR count). The van der Waals surface area contributed by atoms with Gasteiger partial charge in [-0.25, -0.2) is 5.01 Å². The van der Waals surface area contributed by atoms with Crippen LogP contribution in [0.2, 0.25) is 0 Å². The van der Waals surface area contributed by atoms with Crippen LogP contribution in [-0.4, -0.2) is 24.9 Å². The van der Waals surface area contributed by atoms with E-state index in [0.29, 0.717) is 11.5 Å². The SMILES string of the molecule is COc1ccc(C2Oc3ccccc3C3CC(c4cccc(C)c4)=NN32)cc1OC. The average molecular weight is 400 g/mol. The lowest BCUT2D eigenvalue weighted by Gasteiger charge is -2.38. The first-order valence-electron chi connectivity index (χ1n) is 10.1. The normalized spacial score (nSPS) is 19.4. The number of fused-ring (bicyclic) bond motifs is 3. The van der Waals surface area contributed by atoms with Gasteiger partial charge in [0, 0.05) is 17.5 Å². The van der Waals surface area contributed by atoms with E-state index in [2.05, 4.69) is 48.3 Å². The fraction of sp³-hybridized carbons (Fsp3) is 0.240. The van der Waals surface area contributed by atoms with Gasteiger partial charge in [-0.15, -0.1) is 0 Å². The quantitative estimate of drug-likeness (QED) is 0.600. The Labute approximate surface area is 176 Å². The van der Waals surface area contributed by atoms with Gasteiger partial charge in [0.1, 0.15) is 5.75 Å². The molecule has 0 aromatic heterocycles. The van der Waals surface area contributed by atoms with Gasteiger partial charge in [0.05, 0.1) is 26.0 Å². The van der Waals surface area contributed by atoms with Crippen molar-refractivity contribution in [2.45, 2.75) is 25.6 Å². The van der Waals surface area contributed by atoms with Gasteiger partial charge in [-0.1, -0.05) is 48.0 Å². The highest BCUT2D eigenvalue weighted by Crippen LogP contribution is 2.48. The van der Waals surface area contributed by atoms with Crippen molar-refractivity contribution >= 4 is 5.71 Å². The molecule has 30 heavy (non-hydrogen) atoms. The van der Waals surface area contributed by atoms with Crippen LogP contribution in [0, 0.1) is 6.92 Å². The van der Waals surface area contributed by atoms with E-state index < -0.39 is 0 Å². The van der Waals surface area contributed by atoms with Gasteiger partial charge < -0.3 is 14.2 Å². The molecule has 0 radical (unpaired) electrons. The summed E-state index contributed by atoms with van der Waals surface area (Å²) in [5.41, 5.74) is 5.61. The van der Waals surface area contributed by atoms with Crippen molar-refractivity contribution in [1.82, 2.24) is 5.01 Å². The summed E-state index contributed by atoms with van der Waals surface area (Å²) >= 11 is 0. The maximum atomic E-state index is 6.44. The van der Waals surface area contributed by atoms with Crippen molar-refractivity contribution in [2.24, 2.45) is 5.10 Å². The van der Waals surface area contributed by atoms with Crippen LogP contribution in [0.5, 0.6) is 17.2 Å². The number of hydrazone groups is 1. The maximum absolute atomic E-state index is 6.44. The van der Waals surface area contributed by atoms with Crippen molar-refractivity contribution in [1.29, 1.82) is 0 Å². The smallest absolute Gasteiger partial charge is 0.214 e. The van der Waals surface area contributed by atoms with E-state index in [1.165, 1.54) is 11.1 Å². The van der Waals surface area contributed by atoms with E-state index in [4.69, 9.17) is 19.3 Å². The molecule has 2 aliphatic heterocycles. The van der Waals surface area contributed by atoms with Gasteiger partial charge >= 0.3 is 0 Å². The van der Waals surface area contributed by atoms with Gasteiger partial charge in [0.15, 0.2) is 11.5 Å². The van der Waals surface area contributed by atoms with Crippen LogP contribution in [-0.2, 0) is 0 Å². The highest BCUT2D eigenvalue weighted by atomic mass is 16.5. The molecule has 2 aliphatic rings. The van der Waals surface area contributed by atoms with Crippen molar-refractivity contribution in [3.8, 4) is 17.2 Å². The third kappa shape index (κ3) is 3.07. The number of methoxy groups -OCH3 is 2. The summed E-state index contributed by atoms with van der Waals surface area (Å²) in [6, 6.07) is 22.8. The van der Waals surface area contributed by atoms with Crippen molar-refractivity contribution < 1.29 is 14.2 Å².